The lowest BCUT2D eigenvalue weighted by Crippen LogP contribution is -2.69. The van der Waals surface area contributed by atoms with Crippen molar-refractivity contribution in [3.05, 3.63) is 11.6 Å². The van der Waals surface area contributed by atoms with Crippen molar-refractivity contribution in [3.8, 4) is 0 Å². The molecule has 0 amide bonds. The molecule has 0 heterocycles. The second-order valence-corrected chi connectivity index (χ2v) is 14.7. The summed E-state index contributed by atoms with van der Waals surface area (Å²) in [6.45, 7) is 16.6. The maximum Gasteiger partial charge on any atom is 0.137 e. The quantitative estimate of drug-likeness (QED) is 0.430. The van der Waals surface area contributed by atoms with E-state index in [1.165, 1.54) is 0 Å². The van der Waals surface area contributed by atoms with E-state index in [0.717, 1.165) is 24.8 Å². The molecule has 0 aromatic rings. The Kier molecular flexibility index (Phi) is 6.53. The number of aliphatic hydroxyl groups excluding tert-OH is 3. The highest BCUT2D eigenvalue weighted by Gasteiger charge is 2.73. The normalized spacial score (nSPS) is 49.3. The van der Waals surface area contributed by atoms with Crippen LogP contribution in [-0.2, 0) is 4.79 Å². The molecule has 0 spiro atoms. The first kappa shape index (κ1) is 27.3. The molecule has 0 unspecified atom stereocenters. The molecule has 4 N–H and O–H groups in total. The minimum atomic E-state index is -1.15. The molecule has 4 aliphatic carbocycles. The van der Waals surface area contributed by atoms with Gasteiger partial charge in [-0.15, -0.1) is 0 Å². The Bertz CT molecular complexity index is 887. The third kappa shape index (κ3) is 3.82. The van der Waals surface area contributed by atoms with Crippen LogP contribution < -0.4 is 0 Å². The van der Waals surface area contributed by atoms with Gasteiger partial charge in [-0.25, -0.2) is 0 Å². The van der Waals surface area contributed by atoms with Crippen molar-refractivity contribution in [1.82, 2.24) is 0 Å². The number of hydrogen-bond acceptors (Lipinski definition) is 5. The summed E-state index contributed by atoms with van der Waals surface area (Å²) in [5, 5.41) is 44.7. The predicted octanol–water partition coefficient (Wildman–Crippen LogP) is 4.65. The Hall–Kier alpha value is -0.750. The molecule has 0 radical (unpaired) electrons. The van der Waals surface area contributed by atoms with Gasteiger partial charge in [0.15, 0.2) is 0 Å². The molecule has 4 fully saturated rings. The zero-order valence-corrected chi connectivity index (χ0v) is 23.3. The summed E-state index contributed by atoms with van der Waals surface area (Å²) in [7, 11) is 0. The summed E-state index contributed by atoms with van der Waals surface area (Å²) in [5.74, 6) is -0.139. The zero-order valence-electron chi connectivity index (χ0n) is 23.3. The molecule has 5 nitrogen and oxygen atoms in total. The molecule has 0 saturated heterocycles. The van der Waals surface area contributed by atoms with Crippen molar-refractivity contribution in [3.63, 3.8) is 0 Å². The van der Waals surface area contributed by atoms with Crippen molar-refractivity contribution in [2.24, 2.45) is 45.3 Å². The van der Waals surface area contributed by atoms with Gasteiger partial charge >= 0.3 is 0 Å². The van der Waals surface area contributed by atoms with Gasteiger partial charge in [0.25, 0.3) is 0 Å². The summed E-state index contributed by atoms with van der Waals surface area (Å²) in [4.78, 5) is 14.0. The number of allylic oxidation sites excluding steroid dienone is 1. The Balaban J connectivity index is 1.71. The molecule has 0 aromatic heterocycles. The number of Topliss-reactive ketones (excluding diaryl/α,β-unsaturated/α-hetero) is 1. The zero-order chi connectivity index (χ0) is 26.4. The first-order valence-corrected chi connectivity index (χ1v) is 13.9. The fourth-order valence-corrected chi connectivity index (χ4v) is 10.3. The average molecular weight is 491 g/mol. The maximum atomic E-state index is 14.0. The third-order valence-corrected chi connectivity index (χ3v) is 12.0. The molecule has 35 heavy (non-hydrogen) atoms. The lowest BCUT2D eigenvalue weighted by molar-refractivity contribution is -0.253. The smallest absolute Gasteiger partial charge is 0.137 e. The first-order valence-electron chi connectivity index (χ1n) is 13.9. The highest BCUT2D eigenvalue weighted by atomic mass is 16.3. The Morgan fingerprint density at radius 1 is 1.09 bits per heavy atom. The molecule has 4 aliphatic rings. The van der Waals surface area contributed by atoms with E-state index in [1.54, 1.807) is 13.0 Å². The van der Waals surface area contributed by atoms with Gasteiger partial charge in [-0.2, -0.15) is 0 Å². The van der Waals surface area contributed by atoms with Crippen molar-refractivity contribution < 1.29 is 25.2 Å². The molecule has 4 rings (SSSR count). The Labute approximate surface area is 212 Å². The highest BCUT2D eigenvalue weighted by molar-refractivity contribution is 5.84. The fourth-order valence-electron chi connectivity index (χ4n) is 10.3. The van der Waals surface area contributed by atoms with Crippen molar-refractivity contribution in [1.29, 1.82) is 0 Å². The number of hydrogen-bond donors (Lipinski definition) is 4. The van der Waals surface area contributed by atoms with E-state index in [0.29, 0.717) is 19.3 Å². The molecular formula is C30H50O5. The second-order valence-electron chi connectivity index (χ2n) is 14.7. The van der Waals surface area contributed by atoms with E-state index in [4.69, 9.17) is 0 Å². The Morgan fingerprint density at radius 3 is 2.31 bits per heavy atom. The van der Waals surface area contributed by atoms with Crippen LogP contribution in [0.15, 0.2) is 11.6 Å². The summed E-state index contributed by atoms with van der Waals surface area (Å²) in [6.07, 6.45) is 4.51. The minimum Gasteiger partial charge on any atom is -0.393 e. The van der Waals surface area contributed by atoms with E-state index in [9.17, 15) is 25.2 Å². The molecule has 0 aliphatic heterocycles. The number of rotatable bonds is 4. The van der Waals surface area contributed by atoms with E-state index in [1.807, 2.05) is 13.8 Å². The van der Waals surface area contributed by atoms with E-state index in [-0.39, 0.29) is 52.1 Å². The minimum absolute atomic E-state index is 0.0516. The van der Waals surface area contributed by atoms with Crippen LogP contribution >= 0.6 is 0 Å². The van der Waals surface area contributed by atoms with Crippen molar-refractivity contribution >= 4 is 5.78 Å². The standard InChI is InChI=1S/C30H50O5/c1-17(2)13-18(31)15-30(8,35)19-9-12-28(6)24(19)20(32)14-22-27(5)11-10-23(34)26(3,4)25(27)21(33)16-29(22,28)7/h13,18-19,21-25,31,33-35H,9-12,14-16H2,1-8H3/t18-,19+,21+,22-,23+,24+,25+,27-,28-,29-,30+/m1/s1. The molecule has 0 bridgehead atoms. The SMILES string of the molecule is CC(C)=C[C@@H](O)C[C@](C)(O)[C@H]1CC[C@]2(C)[C@@H]1C(=O)C[C@@H]1[C@@]3(C)CC[C@H](O)C(C)(C)[C@@H]3[C@@H](O)C[C@]12C. The van der Waals surface area contributed by atoms with Gasteiger partial charge in [0.1, 0.15) is 5.78 Å². The largest absolute Gasteiger partial charge is 0.393 e. The highest BCUT2D eigenvalue weighted by Crippen LogP contribution is 2.75. The number of aliphatic hydroxyl groups is 4. The average Bonchev–Trinajstić information content (AvgIpc) is 3.07. The van der Waals surface area contributed by atoms with Gasteiger partial charge in [0, 0.05) is 18.8 Å². The van der Waals surface area contributed by atoms with Gasteiger partial charge in [-0.1, -0.05) is 46.3 Å². The topological polar surface area (TPSA) is 98.0 Å². The van der Waals surface area contributed by atoms with Crippen LogP contribution in [0.2, 0.25) is 0 Å². The molecular weight excluding hydrogens is 440 g/mol. The van der Waals surface area contributed by atoms with Gasteiger partial charge in [0.05, 0.1) is 23.9 Å². The van der Waals surface area contributed by atoms with Crippen LogP contribution in [0.4, 0.5) is 0 Å². The monoisotopic (exact) mass is 490 g/mol. The molecule has 0 aromatic carbocycles. The summed E-state index contributed by atoms with van der Waals surface area (Å²) < 4.78 is 0. The molecule has 5 heteroatoms. The van der Waals surface area contributed by atoms with Crippen LogP contribution in [0, 0.1) is 45.3 Å². The van der Waals surface area contributed by atoms with Gasteiger partial charge < -0.3 is 20.4 Å². The molecule has 200 valence electrons. The fraction of sp³-hybridized carbons (Fsp3) is 0.900. The van der Waals surface area contributed by atoms with Crippen LogP contribution in [0.3, 0.4) is 0 Å². The van der Waals surface area contributed by atoms with E-state index < -0.39 is 29.3 Å². The summed E-state index contributed by atoms with van der Waals surface area (Å²) in [5.41, 5.74) is -1.33. The predicted molar refractivity (Wildman–Crippen MR) is 137 cm³/mol. The third-order valence-electron chi connectivity index (χ3n) is 12.0. The number of ketones is 1. The van der Waals surface area contributed by atoms with Crippen molar-refractivity contribution in [2.75, 3.05) is 0 Å². The maximum absolute atomic E-state index is 14.0. The van der Waals surface area contributed by atoms with Gasteiger partial charge in [-0.05, 0) is 92.3 Å². The van der Waals surface area contributed by atoms with Crippen LogP contribution in [-0.4, -0.2) is 50.1 Å². The number of carbonyl (C=O) groups excluding carboxylic acids is 1. The molecule has 11 atom stereocenters. The van der Waals surface area contributed by atoms with Gasteiger partial charge in [0.2, 0.25) is 0 Å². The summed E-state index contributed by atoms with van der Waals surface area (Å²) in [6, 6.07) is 0. The number of fused-ring (bicyclic) bond motifs is 5. The Morgan fingerprint density at radius 2 is 1.71 bits per heavy atom. The van der Waals surface area contributed by atoms with Crippen LogP contribution in [0.25, 0.3) is 0 Å². The van der Waals surface area contributed by atoms with Crippen LogP contribution in [0.1, 0.15) is 100 Å². The second kappa shape index (κ2) is 8.38. The van der Waals surface area contributed by atoms with Crippen molar-refractivity contribution in [2.45, 2.75) is 124 Å². The lowest BCUT2D eigenvalue weighted by Gasteiger charge is -2.70. The summed E-state index contributed by atoms with van der Waals surface area (Å²) >= 11 is 0. The lowest BCUT2D eigenvalue weighted by atomic mass is 9.34. The number of carbonyl (C=O) groups is 1. The van der Waals surface area contributed by atoms with E-state index >= 15 is 0 Å². The molecule has 4 saturated carbocycles. The van der Waals surface area contributed by atoms with E-state index in [2.05, 4.69) is 34.6 Å². The van der Waals surface area contributed by atoms with Gasteiger partial charge in [-0.3, -0.25) is 4.79 Å². The first-order chi connectivity index (χ1) is 15.9. The van der Waals surface area contributed by atoms with Crippen LogP contribution in [0.5, 0.6) is 0 Å².